The van der Waals surface area contributed by atoms with Crippen molar-refractivity contribution in [3.63, 3.8) is 0 Å². The standard InChI is InChI=1S/C24H27N5OS/c1-16-12-17(2)29-15-21(27-23(29)26-16)22(13-18-8-10-30-11-9-18)31-24-25-14-20(28-24)19-6-4-3-5-7-19/h3-7,12,14-15,18,22H,8-11,13H2,1-2H3,(H,25,28). The van der Waals surface area contributed by atoms with E-state index in [0.29, 0.717) is 5.92 Å². The Morgan fingerprint density at radius 3 is 2.77 bits per heavy atom. The van der Waals surface area contributed by atoms with E-state index in [0.717, 1.165) is 71.7 Å². The van der Waals surface area contributed by atoms with Gasteiger partial charge in [0.1, 0.15) is 0 Å². The number of benzene rings is 1. The molecule has 3 aromatic heterocycles. The molecule has 0 spiro atoms. The van der Waals surface area contributed by atoms with Crippen LogP contribution in [0.2, 0.25) is 0 Å². The van der Waals surface area contributed by atoms with Crippen LogP contribution in [0.15, 0.2) is 53.9 Å². The molecular formula is C24H27N5OS. The van der Waals surface area contributed by atoms with Crippen molar-refractivity contribution >= 4 is 17.5 Å². The van der Waals surface area contributed by atoms with Gasteiger partial charge in [-0.2, -0.15) is 0 Å². The Labute approximate surface area is 186 Å². The Hall–Kier alpha value is -2.64. The van der Waals surface area contributed by atoms with Crippen molar-refractivity contribution in [1.29, 1.82) is 0 Å². The van der Waals surface area contributed by atoms with Gasteiger partial charge in [-0.25, -0.2) is 15.0 Å². The van der Waals surface area contributed by atoms with Crippen LogP contribution >= 0.6 is 11.8 Å². The normalized spacial score (nSPS) is 16.1. The monoisotopic (exact) mass is 433 g/mol. The first kappa shape index (κ1) is 20.3. The van der Waals surface area contributed by atoms with Crippen LogP contribution in [0, 0.1) is 19.8 Å². The van der Waals surface area contributed by atoms with Gasteiger partial charge >= 0.3 is 0 Å². The van der Waals surface area contributed by atoms with Gasteiger partial charge in [0.05, 0.1) is 22.8 Å². The highest BCUT2D eigenvalue weighted by Crippen LogP contribution is 2.40. The molecule has 160 valence electrons. The van der Waals surface area contributed by atoms with Gasteiger partial charge in [0, 0.05) is 30.8 Å². The van der Waals surface area contributed by atoms with E-state index in [1.54, 1.807) is 11.8 Å². The zero-order valence-electron chi connectivity index (χ0n) is 17.9. The number of hydrogen-bond acceptors (Lipinski definition) is 5. The minimum absolute atomic E-state index is 0.208. The third kappa shape index (κ3) is 4.52. The number of fused-ring (bicyclic) bond motifs is 1. The molecule has 0 amide bonds. The predicted octanol–water partition coefficient (Wildman–Crippen LogP) is 5.39. The summed E-state index contributed by atoms with van der Waals surface area (Å²) >= 11 is 1.77. The van der Waals surface area contributed by atoms with Gasteiger partial charge in [-0.3, -0.25) is 4.40 Å². The first-order chi connectivity index (χ1) is 15.2. The lowest BCUT2D eigenvalue weighted by molar-refractivity contribution is 0.0637. The van der Waals surface area contributed by atoms with E-state index in [9.17, 15) is 0 Å². The second kappa shape index (κ2) is 8.85. The van der Waals surface area contributed by atoms with Gasteiger partial charge in [0.15, 0.2) is 5.16 Å². The molecule has 1 aliphatic rings. The SMILES string of the molecule is Cc1cc(C)n2cc(C(CC3CCOCC3)Sc3ncc(-c4ccccc4)[nH]3)nc2n1. The number of nitrogens with one attached hydrogen (secondary N) is 1. The summed E-state index contributed by atoms with van der Waals surface area (Å²) in [6.07, 6.45) is 7.33. The van der Waals surface area contributed by atoms with Gasteiger partial charge in [0.25, 0.3) is 0 Å². The zero-order valence-corrected chi connectivity index (χ0v) is 18.7. The Balaban J connectivity index is 1.44. The molecule has 0 saturated carbocycles. The highest BCUT2D eigenvalue weighted by atomic mass is 32.2. The van der Waals surface area contributed by atoms with Gasteiger partial charge in [0.2, 0.25) is 5.78 Å². The van der Waals surface area contributed by atoms with Crippen molar-refractivity contribution in [2.45, 2.75) is 43.5 Å². The minimum atomic E-state index is 0.208. The van der Waals surface area contributed by atoms with Gasteiger partial charge in [-0.15, -0.1) is 0 Å². The highest BCUT2D eigenvalue weighted by molar-refractivity contribution is 7.99. The van der Waals surface area contributed by atoms with E-state index in [2.05, 4.69) is 50.7 Å². The molecule has 1 saturated heterocycles. The van der Waals surface area contributed by atoms with Gasteiger partial charge in [-0.05, 0) is 50.7 Å². The number of rotatable bonds is 6. The fourth-order valence-electron chi connectivity index (χ4n) is 4.22. The molecule has 1 N–H and O–H groups in total. The number of thioether (sulfide) groups is 1. The Bertz CT molecular complexity index is 1160. The molecule has 4 heterocycles. The zero-order chi connectivity index (χ0) is 21.2. The predicted molar refractivity (Wildman–Crippen MR) is 123 cm³/mol. The summed E-state index contributed by atoms with van der Waals surface area (Å²) in [6, 6.07) is 12.4. The average Bonchev–Trinajstić information content (AvgIpc) is 3.42. The number of imidazole rings is 2. The Morgan fingerprint density at radius 2 is 1.97 bits per heavy atom. The molecule has 31 heavy (non-hydrogen) atoms. The molecule has 7 heteroatoms. The summed E-state index contributed by atoms with van der Waals surface area (Å²) in [5.74, 6) is 1.41. The van der Waals surface area contributed by atoms with E-state index in [1.165, 1.54) is 0 Å². The van der Waals surface area contributed by atoms with Gasteiger partial charge < -0.3 is 9.72 Å². The summed E-state index contributed by atoms with van der Waals surface area (Å²) in [5, 5.41) is 1.13. The average molecular weight is 434 g/mol. The second-order valence-corrected chi connectivity index (χ2v) is 9.43. The van der Waals surface area contributed by atoms with Crippen molar-refractivity contribution < 1.29 is 4.74 Å². The quantitative estimate of drug-likeness (QED) is 0.413. The van der Waals surface area contributed by atoms with Crippen LogP contribution in [-0.2, 0) is 4.74 Å². The number of hydrogen-bond donors (Lipinski definition) is 1. The molecule has 0 radical (unpaired) electrons. The van der Waals surface area contributed by atoms with E-state index < -0.39 is 0 Å². The number of aromatic nitrogens is 5. The first-order valence-electron chi connectivity index (χ1n) is 10.8. The van der Waals surface area contributed by atoms with Crippen molar-refractivity contribution in [3.05, 3.63) is 65.9 Å². The van der Waals surface area contributed by atoms with Crippen molar-refractivity contribution in [2.24, 2.45) is 5.92 Å². The number of aryl methyl sites for hydroxylation is 2. The molecule has 0 bridgehead atoms. The molecule has 5 rings (SSSR count). The van der Waals surface area contributed by atoms with Crippen molar-refractivity contribution in [1.82, 2.24) is 24.3 Å². The lowest BCUT2D eigenvalue weighted by atomic mass is 9.94. The summed E-state index contributed by atoms with van der Waals surface area (Å²) < 4.78 is 7.67. The number of aromatic amines is 1. The van der Waals surface area contributed by atoms with Crippen LogP contribution in [0.1, 0.15) is 41.6 Å². The molecule has 0 aliphatic carbocycles. The van der Waals surface area contributed by atoms with Crippen LogP contribution in [-0.4, -0.2) is 37.6 Å². The maximum absolute atomic E-state index is 5.58. The summed E-state index contributed by atoms with van der Waals surface area (Å²) in [7, 11) is 0. The lowest BCUT2D eigenvalue weighted by Crippen LogP contribution is -2.17. The number of ether oxygens (including phenoxy) is 1. The fourth-order valence-corrected chi connectivity index (χ4v) is 5.37. The molecule has 4 aromatic rings. The topological polar surface area (TPSA) is 68.1 Å². The maximum Gasteiger partial charge on any atom is 0.234 e. The van der Waals surface area contributed by atoms with E-state index >= 15 is 0 Å². The molecule has 1 atom stereocenters. The third-order valence-corrected chi connectivity index (χ3v) is 7.04. The Kier molecular flexibility index (Phi) is 5.78. The maximum atomic E-state index is 5.58. The van der Waals surface area contributed by atoms with Crippen molar-refractivity contribution in [2.75, 3.05) is 13.2 Å². The van der Waals surface area contributed by atoms with E-state index in [1.807, 2.05) is 31.3 Å². The number of nitrogens with zero attached hydrogens (tertiary/aromatic N) is 4. The third-order valence-electron chi connectivity index (χ3n) is 5.89. The molecule has 1 aliphatic heterocycles. The van der Waals surface area contributed by atoms with Gasteiger partial charge in [-0.1, -0.05) is 42.1 Å². The van der Waals surface area contributed by atoms with Crippen LogP contribution in [0.25, 0.3) is 17.0 Å². The largest absolute Gasteiger partial charge is 0.381 e. The van der Waals surface area contributed by atoms with Crippen LogP contribution in [0.4, 0.5) is 0 Å². The van der Waals surface area contributed by atoms with Crippen molar-refractivity contribution in [3.8, 4) is 11.3 Å². The lowest BCUT2D eigenvalue weighted by Gasteiger charge is -2.25. The fraction of sp³-hybridized carbons (Fsp3) is 0.375. The van der Waals surface area contributed by atoms with E-state index in [-0.39, 0.29) is 5.25 Å². The van der Waals surface area contributed by atoms with Crippen LogP contribution < -0.4 is 0 Å². The number of H-pyrrole nitrogens is 1. The summed E-state index contributed by atoms with van der Waals surface area (Å²) in [5.41, 5.74) is 5.40. The summed E-state index contributed by atoms with van der Waals surface area (Å²) in [6.45, 7) is 5.83. The second-order valence-electron chi connectivity index (χ2n) is 8.24. The molecule has 6 nitrogen and oxygen atoms in total. The molecule has 1 aromatic carbocycles. The van der Waals surface area contributed by atoms with Crippen LogP contribution in [0.3, 0.4) is 0 Å². The van der Waals surface area contributed by atoms with E-state index in [4.69, 9.17) is 9.72 Å². The first-order valence-corrected chi connectivity index (χ1v) is 11.7. The molecule has 1 unspecified atom stereocenters. The Morgan fingerprint density at radius 1 is 1.16 bits per heavy atom. The smallest absolute Gasteiger partial charge is 0.234 e. The minimum Gasteiger partial charge on any atom is -0.381 e. The molecule has 1 fully saturated rings. The highest BCUT2D eigenvalue weighted by Gasteiger charge is 2.25. The summed E-state index contributed by atoms with van der Waals surface area (Å²) in [4.78, 5) is 17.7. The van der Waals surface area contributed by atoms with Crippen LogP contribution in [0.5, 0.6) is 0 Å². The molecular weight excluding hydrogens is 406 g/mol.